The van der Waals surface area contributed by atoms with Gasteiger partial charge in [-0.1, -0.05) is 200 Å². The average Bonchev–Trinajstić information content (AvgIpc) is 2.94. The fourth-order valence-corrected chi connectivity index (χ4v) is 14.4. The number of allylic oxidation sites excluding steroid dienone is 16. The van der Waals surface area contributed by atoms with E-state index in [0.717, 1.165) is 25.7 Å². The van der Waals surface area contributed by atoms with Crippen molar-refractivity contribution in [1.82, 2.24) is 0 Å². The van der Waals surface area contributed by atoms with Crippen LogP contribution in [-0.2, 0) is 0 Å². The van der Waals surface area contributed by atoms with E-state index in [1.807, 2.05) is 0 Å². The molecule has 42 heavy (non-hydrogen) atoms. The molecule has 0 aliphatic heterocycles. The van der Waals surface area contributed by atoms with Gasteiger partial charge in [0, 0.05) is 17.9 Å². The molecule has 8 heteroatoms. The van der Waals surface area contributed by atoms with Crippen LogP contribution in [0.15, 0.2) is 90.8 Å². The van der Waals surface area contributed by atoms with E-state index in [1.54, 1.807) is 0 Å². The Morgan fingerprint density at radius 2 is 0.548 bits per heavy atom. The van der Waals surface area contributed by atoms with Crippen molar-refractivity contribution in [3.63, 3.8) is 0 Å². The van der Waals surface area contributed by atoms with E-state index in [2.05, 4.69) is 200 Å². The fourth-order valence-electron chi connectivity index (χ4n) is 10.3. The van der Waals surface area contributed by atoms with Gasteiger partial charge in [-0.25, -0.2) is 0 Å². The van der Waals surface area contributed by atoms with Crippen LogP contribution in [0, 0.1) is 21.7 Å². The van der Waals surface area contributed by atoms with Gasteiger partial charge in [0.15, 0.2) is 0 Å². The zero-order chi connectivity index (χ0) is 29.9. The Bertz CT molecular complexity index is 1220. The van der Waals surface area contributed by atoms with Crippen LogP contribution >= 0.6 is 127 Å². The van der Waals surface area contributed by atoms with E-state index in [4.69, 9.17) is 0 Å². The summed E-state index contributed by atoms with van der Waals surface area (Å²) in [5.74, 6) is 0. The lowest BCUT2D eigenvalue weighted by Crippen LogP contribution is -2.75. The Hall–Kier alpha value is 1.76. The first kappa shape index (κ1) is 32.3. The fraction of sp³-hybridized carbons (Fsp3) is 0.529. The second-order valence-electron chi connectivity index (χ2n) is 14.1. The molecule has 0 radical (unpaired) electrons. The second-order valence-corrected chi connectivity index (χ2v) is 23.5. The maximum Gasteiger partial charge on any atom is 0.0531 e. The molecule has 0 N–H and O–H groups in total. The lowest BCUT2D eigenvalue weighted by Gasteiger charge is -2.79. The molecule has 0 heterocycles. The highest BCUT2D eigenvalue weighted by Gasteiger charge is 2.79. The van der Waals surface area contributed by atoms with Crippen molar-refractivity contribution in [2.75, 3.05) is 0 Å². The maximum absolute atomic E-state index is 4.53. The average molecular weight is 1080 g/mol. The molecule has 8 aliphatic rings. The minimum atomic E-state index is -0.116. The summed E-state index contributed by atoms with van der Waals surface area (Å²) in [6.07, 6.45) is 39.9. The number of rotatable bonds is 4. The highest BCUT2D eigenvalue weighted by molar-refractivity contribution is 9.12. The summed E-state index contributed by atoms with van der Waals surface area (Å²) in [6, 6.07) is 0. The monoisotopic (exact) mass is 1070 g/mol. The quantitative estimate of drug-likeness (QED) is 0.246. The third-order valence-electron chi connectivity index (χ3n) is 12.0. The summed E-state index contributed by atoms with van der Waals surface area (Å²) in [5.41, 5.74) is 0.260. The van der Waals surface area contributed by atoms with E-state index in [9.17, 15) is 0 Å². The van der Waals surface area contributed by atoms with E-state index < -0.39 is 0 Å². The Labute approximate surface area is 317 Å². The second kappa shape index (κ2) is 10.6. The standard InChI is InChI=1S/C34H32Br8/c35-23-1-9-31(39,10-2-23)27-17-28(32(40)11-3-24(36)4-12-32)20-29(18-27,33(41)13-5-25(37)6-14-33)22-30(19-27,21-28)34(42)15-7-26(38)8-16-34/h1-9,11,13,15H,10,12,14,16-22H2. The first-order valence-corrected chi connectivity index (χ1v) is 20.9. The molecular formula is C34H32Br8. The first-order chi connectivity index (χ1) is 19.6. The Balaban J connectivity index is 1.49. The summed E-state index contributed by atoms with van der Waals surface area (Å²) in [7, 11) is 0. The summed E-state index contributed by atoms with van der Waals surface area (Å²) < 4.78 is 4.29. The van der Waals surface area contributed by atoms with Gasteiger partial charge < -0.3 is 0 Å². The zero-order valence-corrected chi connectivity index (χ0v) is 35.7. The number of alkyl halides is 4. The number of hydrogen-bond acceptors (Lipinski definition) is 0. The van der Waals surface area contributed by atoms with Gasteiger partial charge in [-0.2, -0.15) is 0 Å². The number of hydrogen-bond donors (Lipinski definition) is 0. The molecule has 0 saturated heterocycles. The zero-order valence-electron chi connectivity index (χ0n) is 23.0. The normalized spacial score (nSPS) is 50.9. The van der Waals surface area contributed by atoms with Crippen LogP contribution in [0.2, 0.25) is 0 Å². The van der Waals surface area contributed by atoms with E-state index >= 15 is 0 Å². The van der Waals surface area contributed by atoms with Crippen molar-refractivity contribution in [1.29, 1.82) is 0 Å². The van der Waals surface area contributed by atoms with E-state index in [1.165, 1.54) is 56.5 Å². The molecule has 0 aromatic heterocycles. The molecule has 8 rings (SSSR count). The van der Waals surface area contributed by atoms with Gasteiger partial charge in [-0.15, -0.1) is 0 Å². The topological polar surface area (TPSA) is 0 Å². The molecule has 4 fully saturated rings. The molecule has 0 nitrogen and oxygen atoms in total. The predicted octanol–water partition coefficient (Wildman–Crippen LogP) is 13.8. The third-order valence-corrected chi connectivity index (χ3v) is 20.1. The van der Waals surface area contributed by atoms with Crippen molar-refractivity contribution in [2.45, 2.75) is 81.5 Å². The maximum atomic E-state index is 4.53. The van der Waals surface area contributed by atoms with Crippen molar-refractivity contribution in [3.8, 4) is 0 Å². The molecule has 4 unspecified atom stereocenters. The van der Waals surface area contributed by atoms with Gasteiger partial charge in [-0.3, -0.25) is 0 Å². The van der Waals surface area contributed by atoms with Crippen LogP contribution in [0.1, 0.15) is 64.2 Å². The minimum absolute atomic E-state index is 0.0649. The van der Waals surface area contributed by atoms with Gasteiger partial charge in [0.05, 0.1) is 17.3 Å². The molecule has 224 valence electrons. The van der Waals surface area contributed by atoms with Crippen molar-refractivity contribution in [3.05, 3.63) is 90.8 Å². The third kappa shape index (κ3) is 4.68. The van der Waals surface area contributed by atoms with Crippen LogP contribution in [0.4, 0.5) is 0 Å². The SMILES string of the molecule is BrC1=CCC(Br)(C23CC4(C5(Br)C=CC(Br)=CC5)CC(C5(Br)C=CC(Br)=CC5)(C2)CC(C2(Br)C=CC(Br)=CC2)(C3)C4)C=C1. The van der Waals surface area contributed by atoms with Crippen molar-refractivity contribution >= 4 is 127 Å². The molecule has 0 aromatic rings. The van der Waals surface area contributed by atoms with Crippen LogP contribution in [0.5, 0.6) is 0 Å². The largest absolute Gasteiger partial charge is 0.0798 e. The van der Waals surface area contributed by atoms with Crippen LogP contribution < -0.4 is 0 Å². The van der Waals surface area contributed by atoms with Crippen molar-refractivity contribution < 1.29 is 0 Å². The Morgan fingerprint density at radius 3 is 0.690 bits per heavy atom. The lowest BCUT2D eigenvalue weighted by atomic mass is 9.28. The lowest BCUT2D eigenvalue weighted by molar-refractivity contribution is -0.225. The summed E-state index contributed by atoms with van der Waals surface area (Å²) >= 11 is 33.2. The smallest absolute Gasteiger partial charge is 0.0531 e. The van der Waals surface area contributed by atoms with Gasteiger partial charge in [-0.05, 0) is 85.9 Å². The van der Waals surface area contributed by atoms with Crippen LogP contribution in [-0.4, -0.2) is 17.3 Å². The molecule has 0 spiro atoms. The molecule has 8 aliphatic carbocycles. The highest BCUT2D eigenvalue weighted by Crippen LogP contribution is 2.85. The minimum Gasteiger partial charge on any atom is -0.0798 e. The van der Waals surface area contributed by atoms with Crippen LogP contribution in [0.25, 0.3) is 0 Å². The van der Waals surface area contributed by atoms with Gasteiger partial charge in [0.1, 0.15) is 0 Å². The predicted molar refractivity (Wildman–Crippen MR) is 207 cm³/mol. The highest BCUT2D eigenvalue weighted by atomic mass is 79.9. The van der Waals surface area contributed by atoms with Crippen LogP contribution in [0.3, 0.4) is 0 Å². The van der Waals surface area contributed by atoms with E-state index in [0.29, 0.717) is 0 Å². The summed E-state index contributed by atoms with van der Waals surface area (Å²) in [5, 5.41) is 0. The van der Waals surface area contributed by atoms with Gasteiger partial charge in [0.2, 0.25) is 0 Å². The molecule has 4 atom stereocenters. The molecule has 4 bridgehead atoms. The first-order valence-electron chi connectivity index (χ1n) is 14.6. The molecule has 0 aromatic carbocycles. The Kier molecular flexibility index (Phi) is 8.18. The molecule has 4 saturated carbocycles. The Morgan fingerprint density at radius 1 is 0.357 bits per heavy atom. The molecular weight excluding hydrogens is 1050 g/mol. The van der Waals surface area contributed by atoms with Gasteiger partial charge in [0.25, 0.3) is 0 Å². The molecule has 0 amide bonds. The van der Waals surface area contributed by atoms with Crippen molar-refractivity contribution in [2.24, 2.45) is 21.7 Å². The number of halogens is 8. The summed E-state index contributed by atoms with van der Waals surface area (Å²) in [6.45, 7) is 0. The summed E-state index contributed by atoms with van der Waals surface area (Å²) in [4.78, 5) is 0. The van der Waals surface area contributed by atoms with E-state index in [-0.39, 0.29) is 39.0 Å². The van der Waals surface area contributed by atoms with Gasteiger partial charge >= 0.3 is 0 Å².